The number of rotatable bonds is 11. The molecule has 0 aromatic heterocycles. The summed E-state index contributed by atoms with van der Waals surface area (Å²) in [7, 11) is 3.59. The van der Waals surface area contributed by atoms with Crippen LogP contribution < -0.4 is 10.6 Å². The molecule has 3 N–H and O–H groups in total. The van der Waals surface area contributed by atoms with Crippen molar-refractivity contribution in [3.63, 3.8) is 0 Å². The minimum atomic E-state index is -0.869. The van der Waals surface area contributed by atoms with Gasteiger partial charge in [0.2, 0.25) is 0 Å². The van der Waals surface area contributed by atoms with Crippen molar-refractivity contribution in [1.29, 1.82) is 0 Å². The average Bonchev–Trinajstić information content (AvgIpc) is 2.40. The highest BCUT2D eigenvalue weighted by Gasteiger charge is 2.16. The maximum Gasteiger partial charge on any atom is 0.314 e. The van der Waals surface area contributed by atoms with E-state index in [9.17, 15) is 9.59 Å². The number of nitrogens with zero attached hydrogens (tertiary/aromatic N) is 1. The number of carboxylic acid groups (broad SMARTS) is 1. The van der Waals surface area contributed by atoms with Crippen molar-refractivity contribution < 1.29 is 19.4 Å². The van der Waals surface area contributed by atoms with E-state index in [-0.39, 0.29) is 12.6 Å². The van der Waals surface area contributed by atoms with Gasteiger partial charge < -0.3 is 25.4 Å². The fourth-order valence-corrected chi connectivity index (χ4v) is 1.66. The first kappa shape index (κ1) is 18.7. The van der Waals surface area contributed by atoms with Gasteiger partial charge >= 0.3 is 12.0 Å². The molecule has 0 heterocycles. The number of carbonyl (C=O) groups is 2. The van der Waals surface area contributed by atoms with Crippen molar-refractivity contribution in [2.45, 2.75) is 19.8 Å². The summed E-state index contributed by atoms with van der Waals surface area (Å²) in [5.41, 5.74) is 0. The highest BCUT2D eigenvalue weighted by Crippen LogP contribution is 2.04. The van der Waals surface area contributed by atoms with E-state index in [1.807, 2.05) is 18.9 Å². The Bertz CT molecular complexity index is 287. The molecule has 7 nitrogen and oxygen atoms in total. The lowest BCUT2D eigenvalue weighted by molar-refractivity contribution is -0.141. The standard InChI is InChI=1S/C13H27N3O4/c1-4-5-11(12(17)18)10-15-13(19)14-6-7-16(2)8-9-20-3/h11H,4-10H2,1-3H3,(H,17,18)(H2,14,15,19). The van der Waals surface area contributed by atoms with Crippen LogP contribution in [0, 0.1) is 5.92 Å². The average molecular weight is 289 g/mol. The van der Waals surface area contributed by atoms with Crippen molar-refractivity contribution in [2.75, 3.05) is 46.9 Å². The van der Waals surface area contributed by atoms with Gasteiger partial charge in [-0.15, -0.1) is 0 Å². The molecule has 0 aliphatic heterocycles. The Hall–Kier alpha value is -1.34. The number of methoxy groups -OCH3 is 1. The summed E-state index contributed by atoms with van der Waals surface area (Å²) in [6, 6.07) is -0.326. The molecule has 0 bridgehead atoms. The lowest BCUT2D eigenvalue weighted by Crippen LogP contribution is -2.42. The number of aliphatic carboxylic acids is 1. The van der Waals surface area contributed by atoms with Gasteiger partial charge in [0.05, 0.1) is 12.5 Å². The first-order valence-electron chi connectivity index (χ1n) is 6.93. The van der Waals surface area contributed by atoms with E-state index in [2.05, 4.69) is 10.6 Å². The molecule has 0 saturated heterocycles. The van der Waals surface area contributed by atoms with Gasteiger partial charge in [-0.1, -0.05) is 13.3 Å². The summed E-state index contributed by atoms with van der Waals surface area (Å²) in [5, 5.41) is 14.3. The molecule has 1 unspecified atom stereocenters. The summed E-state index contributed by atoms with van der Waals surface area (Å²) in [6.07, 6.45) is 1.35. The highest BCUT2D eigenvalue weighted by molar-refractivity contribution is 5.75. The number of amides is 2. The zero-order valence-corrected chi connectivity index (χ0v) is 12.6. The summed E-state index contributed by atoms with van der Waals surface area (Å²) >= 11 is 0. The van der Waals surface area contributed by atoms with Crippen molar-refractivity contribution in [2.24, 2.45) is 5.92 Å². The quantitative estimate of drug-likeness (QED) is 0.511. The number of carboxylic acids is 1. The molecule has 0 rings (SSSR count). The lowest BCUT2D eigenvalue weighted by atomic mass is 10.0. The Labute approximate surface area is 120 Å². The largest absolute Gasteiger partial charge is 0.481 e. The topological polar surface area (TPSA) is 90.9 Å². The highest BCUT2D eigenvalue weighted by atomic mass is 16.5. The molecule has 118 valence electrons. The predicted molar refractivity (Wildman–Crippen MR) is 76.8 cm³/mol. The SMILES string of the molecule is CCCC(CNC(=O)NCCN(C)CCOC)C(=O)O. The summed E-state index contributed by atoms with van der Waals surface area (Å²) in [6.45, 7) is 4.77. The maximum absolute atomic E-state index is 11.5. The number of hydrogen-bond acceptors (Lipinski definition) is 4. The van der Waals surface area contributed by atoms with E-state index < -0.39 is 11.9 Å². The molecule has 0 aliphatic rings. The second kappa shape index (κ2) is 11.5. The van der Waals surface area contributed by atoms with Crippen molar-refractivity contribution in [3.8, 4) is 0 Å². The van der Waals surface area contributed by atoms with Gasteiger partial charge in [0, 0.05) is 33.3 Å². The zero-order valence-electron chi connectivity index (χ0n) is 12.6. The summed E-state index contributed by atoms with van der Waals surface area (Å²) in [5.74, 6) is -1.39. The monoisotopic (exact) mass is 289 g/mol. The van der Waals surface area contributed by atoms with Crippen LogP contribution in [-0.4, -0.2) is 69.0 Å². The molecular weight excluding hydrogens is 262 g/mol. The van der Waals surface area contributed by atoms with Gasteiger partial charge in [0.15, 0.2) is 0 Å². The van der Waals surface area contributed by atoms with Crippen LogP contribution in [0.1, 0.15) is 19.8 Å². The van der Waals surface area contributed by atoms with Crippen LogP contribution in [-0.2, 0) is 9.53 Å². The maximum atomic E-state index is 11.5. The number of urea groups is 1. The molecule has 0 aliphatic carbocycles. The van der Waals surface area contributed by atoms with E-state index in [4.69, 9.17) is 9.84 Å². The number of ether oxygens (including phenoxy) is 1. The first-order chi connectivity index (χ1) is 9.51. The molecule has 0 fully saturated rings. The minimum Gasteiger partial charge on any atom is -0.481 e. The van der Waals surface area contributed by atoms with Gasteiger partial charge in [0.1, 0.15) is 0 Å². The third-order valence-electron chi connectivity index (χ3n) is 2.95. The zero-order chi connectivity index (χ0) is 15.4. The predicted octanol–water partition coefficient (Wildman–Crippen LogP) is 0.365. The van der Waals surface area contributed by atoms with Gasteiger partial charge in [-0.25, -0.2) is 4.79 Å². The van der Waals surface area contributed by atoms with Crippen LogP contribution in [0.2, 0.25) is 0 Å². The van der Waals surface area contributed by atoms with E-state index in [0.29, 0.717) is 26.1 Å². The Morgan fingerprint density at radius 1 is 1.30 bits per heavy atom. The van der Waals surface area contributed by atoms with Gasteiger partial charge in [-0.05, 0) is 13.5 Å². The second-order valence-corrected chi connectivity index (χ2v) is 4.76. The number of nitrogens with one attached hydrogen (secondary N) is 2. The van der Waals surface area contributed by atoms with E-state index in [0.717, 1.165) is 13.0 Å². The second-order valence-electron chi connectivity index (χ2n) is 4.76. The van der Waals surface area contributed by atoms with Crippen molar-refractivity contribution in [1.82, 2.24) is 15.5 Å². The molecular formula is C13H27N3O4. The number of carbonyl (C=O) groups excluding carboxylic acids is 1. The van der Waals surface area contributed by atoms with Gasteiger partial charge in [-0.2, -0.15) is 0 Å². The first-order valence-corrected chi connectivity index (χ1v) is 6.93. The molecule has 0 aromatic rings. The van der Waals surface area contributed by atoms with Crippen LogP contribution in [0.5, 0.6) is 0 Å². The molecule has 0 spiro atoms. The molecule has 0 saturated carbocycles. The van der Waals surface area contributed by atoms with Crippen molar-refractivity contribution >= 4 is 12.0 Å². The molecule has 1 atom stereocenters. The third kappa shape index (κ3) is 9.57. The van der Waals surface area contributed by atoms with Crippen molar-refractivity contribution in [3.05, 3.63) is 0 Å². The summed E-state index contributed by atoms with van der Waals surface area (Å²) in [4.78, 5) is 24.5. The Kier molecular flexibility index (Phi) is 10.7. The lowest BCUT2D eigenvalue weighted by Gasteiger charge is -2.17. The van der Waals surface area contributed by atoms with Crippen LogP contribution >= 0.6 is 0 Å². The van der Waals surface area contributed by atoms with Crippen LogP contribution in [0.25, 0.3) is 0 Å². The van der Waals surface area contributed by atoms with Crippen LogP contribution in [0.3, 0.4) is 0 Å². The Morgan fingerprint density at radius 3 is 2.55 bits per heavy atom. The van der Waals surface area contributed by atoms with Gasteiger partial charge in [0.25, 0.3) is 0 Å². The van der Waals surface area contributed by atoms with Crippen LogP contribution in [0.4, 0.5) is 4.79 Å². The third-order valence-corrected chi connectivity index (χ3v) is 2.95. The Balaban J connectivity index is 3.74. The molecule has 0 aromatic carbocycles. The number of hydrogen-bond donors (Lipinski definition) is 3. The van der Waals surface area contributed by atoms with E-state index in [1.165, 1.54) is 0 Å². The molecule has 0 radical (unpaired) electrons. The smallest absolute Gasteiger partial charge is 0.314 e. The Morgan fingerprint density at radius 2 is 2.00 bits per heavy atom. The number of likely N-dealkylation sites (N-methyl/N-ethyl adjacent to an activating group) is 1. The van der Waals surface area contributed by atoms with Gasteiger partial charge in [-0.3, -0.25) is 4.79 Å². The molecule has 7 heteroatoms. The summed E-state index contributed by atoms with van der Waals surface area (Å²) < 4.78 is 4.95. The molecule has 2 amide bonds. The fourth-order valence-electron chi connectivity index (χ4n) is 1.66. The van der Waals surface area contributed by atoms with Crippen LogP contribution in [0.15, 0.2) is 0 Å². The normalized spacial score (nSPS) is 12.2. The molecule has 20 heavy (non-hydrogen) atoms. The fraction of sp³-hybridized carbons (Fsp3) is 0.846. The minimum absolute atomic E-state index is 0.161. The van der Waals surface area contributed by atoms with E-state index >= 15 is 0 Å². The van der Waals surface area contributed by atoms with E-state index in [1.54, 1.807) is 7.11 Å².